The molecule has 6 nitrogen and oxygen atoms in total. The molecule has 0 fully saturated rings. The Morgan fingerprint density at radius 2 is 2.37 bits per heavy atom. The summed E-state index contributed by atoms with van der Waals surface area (Å²) in [6, 6.07) is 5.12. The van der Waals surface area contributed by atoms with Crippen LogP contribution in [0.5, 0.6) is 0 Å². The molecule has 0 atom stereocenters. The van der Waals surface area contributed by atoms with Gasteiger partial charge in [0.1, 0.15) is 18.6 Å². The van der Waals surface area contributed by atoms with Gasteiger partial charge in [-0.1, -0.05) is 24.0 Å². The van der Waals surface area contributed by atoms with Crippen LogP contribution in [-0.4, -0.2) is 15.9 Å². The number of pyridine rings is 1. The summed E-state index contributed by atoms with van der Waals surface area (Å²) in [5.74, 6) is -0.301. The number of carbonyl (C=O) groups excluding carboxylic acids is 1. The van der Waals surface area contributed by atoms with Crippen LogP contribution in [0.25, 0.3) is 0 Å². The predicted molar refractivity (Wildman–Crippen MR) is 70.4 cm³/mol. The van der Waals surface area contributed by atoms with Crippen LogP contribution in [0.3, 0.4) is 0 Å². The number of amides is 1. The Bertz CT molecular complexity index is 556. The maximum absolute atomic E-state index is 11.8. The highest BCUT2D eigenvalue weighted by atomic mass is 32.1. The fourth-order valence-corrected chi connectivity index (χ4v) is 1.94. The predicted octanol–water partition coefficient (Wildman–Crippen LogP) is 2.38. The van der Waals surface area contributed by atoms with Gasteiger partial charge in [-0.25, -0.2) is 4.98 Å². The fourth-order valence-electron chi connectivity index (χ4n) is 1.23. The van der Waals surface area contributed by atoms with E-state index >= 15 is 0 Å². The van der Waals surface area contributed by atoms with Crippen LogP contribution in [0.2, 0.25) is 0 Å². The molecule has 0 aromatic carbocycles. The lowest BCUT2D eigenvalue weighted by molar-refractivity contribution is -0.257. The van der Waals surface area contributed by atoms with Gasteiger partial charge in [0.15, 0.2) is 5.13 Å². The van der Waals surface area contributed by atoms with E-state index in [1.165, 1.54) is 17.6 Å². The second-order valence-electron chi connectivity index (χ2n) is 3.33. The zero-order valence-electron chi connectivity index (χ0n) is 9.91. The van der Waals surface area contributed by atoms with E-state index in [0.717, 1.165) is 4.88 Å². The van der Waals surface area contributed by atoms with Crippen LogP contribution in [0.1, 0.15) is 15.4 Å². The van der Waals surface area contributed by atoms with Crippen LogP contribution in [0.15, 0.2) is 43.4 Å². The van der Waals surface area contributed by atoms with Crippen molar-refractivity contribution in [3.05, 3.63) is 54.0 Å². The highest BCUT2D eigenvalue weighted by molar-refractivity contribution is 7.15. The van der Waals surface area contributed by atoms with Crippen molar-refractivity contribution in [3.63, 3.8) is 0 Å². The summed E-state index contributed by atoms with van der Waals surface area (Å²) in [6.45, 7) is 3.59. The van der Waals surface area contributed by atoms with E-state index < -0.39 is 0 Å². The van der Waals surface area contributed by atoms with E-state index in [1.54, 1.807) is 30.6 Å². The van der Waals surface area contributed by atoms with Crippen LogP contribution in [-0.2, 0) is 16.4 Å². The molecule has 2 rings (SSSR count). The molecule has 0 spiro atoms. The van der Waals surface area contributed by atoms with Crippen LogP contribution >= 0.6 is 11.3 Å². The topological polar surface area (TPSA) is 73.3 Å². The van der Waals surface area contributed by atoms with Gasteiger partial charge in [-0.2, -0.15) is 4.89 Å². The number of nitrogens with zero attached hydrogens (tertiary/aromatic N) is 2. The normalized spacial score (nSPS) is 9.89. The summed E-state index contributed by atoms with van der Waals surface area (Å²) in [5.41, 5.74) is 0.338. The van der Waals surface area contributed by atoms with Crippen molar-refractivity contribution in [3.8, 4) is 0 Å². The molecule has 0 radical (unpaired) electrons. The van der Waals surface area contributed by atoms with Gasteiger partial charge in [0.2, 0.25) is 0 Å². The molecular weight excluding hydrogens is 266 g/mol. The summed E-state index contributed by atoms with van der Waals surface area (Å²) in [6.07, 6.45) is 4.35. The number of hydrogen-bond donors (Lipinski definition) is 1. The maximum Gasteiger partial charge on any atom is 0.276 e. The minimum absolute atomic E-state index is 0.239. The van der Waals surface area contributed by atoms with Crippen LogP contribution < -0.4 is 5.32 Å². The lowest BCUT2D eigenvalue weighted by Crippen LogP contribution is -2.12. The molecule has 1 N–H and O–H groups in total. The van der Waals surface area contributed by atoms with E-state index in [-0.39, 0.29) is 12.5 Å². The minimum Gasteiger partial charge on any atom is -0.346 e. The molecule has 7 heteroatoms. The molecule has 0 aliphatic heterocycles. The molecule has 98 valence electrons. The Balaban J connectivity index is 1.93. The number of anilines is 1. The smallest absolute Gasteiger partial charge is 0.276 e. The molecule has 0 unspecified atom stereocenters. The van der Waals surface area contributed by atoms with Crippen molar-refractivity contribution >= 4 is 22.4 Å². The Morgan fingerprint density at radius 1 is 1.47 bits per heavy atom. The molecule has 19 heavy (non-hydrogen) atoms. The van der Waals surface area contributed by atoms with Gasteiger partial charge in [-0.15, -0.1) is 0 Å². The van der Waals surface area contributed by atoms with Crippen molar-refractivity contribution in [1.82, 2.24) is 9.97 Å². The van der Waals surface area contributed by atoms with Gasteiger partial charge in [-0.05, 0) is 12.1 Å². The van der Waals surface area contributed by atoms with Gasteiger partial charge >= 0.3 is 0 Å². The molecule has 0 saturated carbocycles. The van der Waals surface area contributed by atoms with E-state index in [9.17, 15) is 4.79 Å². The number of rotatable bonds is 6. The summed E-state index contributed by atoms with van der Waals surface area (Å²) in [5, 5.41) is 3.14. The zero-order valence-corrected chi connectivity index (χ0v) is 10.7. The molecule has 2 aromatic rings. The Hall–Kier alpha value is -2.25. The molecule has 0 aliphatic rings. The van der Waals surface area contributed by atoms with Crippen LogP contribution in [0.4, 0.5) is 5.13 Å². The maximum atomic E-state index is 11.8. The largest absolute Gasteiger partial charge is 0.346 e. The van der Waals surface area contributed by atoms with Gasteiger partial charge in [-0.3, -0.25) is 15.1 Å². The molecule has 2 aromatic heterocycles. The molecule has 0 aliphatic carbocycles. The highest BCUT2D eigenvalue weighted by Gasteiger charge is 2.09. The second-order valence-corrected chi connectivity index (χ2v) is 4.44. The summed E-state index contributed by atoms with van der Waals surface area (Å²) in [7, 11) is 0. The number of aromatic nitrogens is 2. The molecule has 0 bridgehead atoms. The van der Waals surface area contributed by atoms with E-state index in [2.05, 4.69) is 26.8 Å². The standard InChI is InChI=1S/C12H11N3O3S/c1-2-17-18-8-9-7-14-12(19-9)15-11(16)10-5-3-4-6-13-10/h2-7H,1,8H2,(H,14,15,16). The summed E-state index contributed by atoms with van der Waals surface area (Å²) >= 11 is 1.30. The number of hydrogen-bond acceptors (Lipinski definition) is 6. The van der Waals surface area contributed by atoms with Crippen molar-refractivity contribution in [1.29, 1.82) is 0 Å². The van der Waals surface area contributed by atoms with E-state index in [0.29, 0.717) is 10.8 Å². The first-order valence-corrected chi connectivity index (χ1v) is 6.17. The Morgan fingerprint density at radius 3 is 3.11 bits per heavy atom. The average molecular weight is 277 g/mol. The molecule has 2 heterocycles. The molecule has 1 amide bonds. The lowest BCUT2D eigenvalue weighted by Gasteiger charge is -1.99. The minimum atomic E-state index is -0.301. The first kappa shape index (κ1) is 13.2. The van der Waals surface area contributed by atoms with Crippen molar-refractivity contribution in [2.45, 2.75) is 6.61 Å². The van der Waals surface area contributed by atoms with Crippen molar-refractivity contribution in [2.75, 3.05) is 5.32 Å². The number of thiazole rings is 1. The SMILES string of the molecule is C=COOCc1cnc(NC(=O)c2ccccn2)s1. The van der Waals surface area contributed by atoms with Crippen molar-refractivity contribution in [2.24, 2.45) is 0 Å². The number of carbonyl (C=O) groups is 1. The van der Waals surface area contributed by atoms with Gasteiger partial charge in [0.05, 0.1) is 4.88 Å². The second kappa shape index (κ2) is 6.62. The quantitative estimate of drug-likeness (QED) is 0.380. The molecule has 0 saturated heterocycles. The first-order chi connectivity index (χ1) is 9.29. The van der Waals surface area contributed by atoms with Gasteiger partial charge in [0, 0.05) is 12.4 Å². The average Bonchev–Trinajstić information content (AvgIpc) is 2.88. The Kier molecular flexibility index (Phi) is 4.60. The van der Waals surface area contributed by atoms with Crippen LogP contribution in [0, 0.1) is 0 Å². The third-order valence-electron chi connectivity index (χ3n) is 2.01. The Labute approximate surface area is 113 Å². The van der Waals surface area contributed by atoms with Gasteiger partial charge in [0.25, 0.3) is 5.91 Å². The fraction of sp³-hybridized carbons (Fsp3) is 0.0833. The summed E-state index contributed by atoms with van der Waals surface area (Å²) < 4.78 is 0. The van der Waals surface area contributed by atoms with Crippen molar-refractivity contribution < 1.29 is 14.6 Å². The highest BCUT2D eigenvalue weighted by Crippen LogP contribution is 2.19. The third kappa shape index (κ3) is 3.87. The van der Waals surface area contributed by atoms with E-state index in [4.69, 9.17) is 4.89 Å². The lowest BCUT2D eigenvalue weighted by atomic mass is 10.3. The van der Waals surface area contributed by atoms with Gasteiger partial charge < -0.3 is 4.89 Å². The zero-order chi connectivity index (χ0) is 13.5. The first-order valence-electron chi connectivity index (χ1n) is 5.36. The molecular formula is C12H11N3O3S. The summed E-state index contributed by atoms with van der Waals surface area (Å²) in [4.78, 5) is 30.0. The monoisotopic (exact) mass is 277 g/mol. The number of nitrogens with one attached hydrogen (secondary N) is 1. The third-order valence-corrected chi connectivity index (χ3v) is 2.90. The van der Waals surface area contributed by atoms with E-state index in [1.807, 2.05) is 0 Å².